The predicted molar refractivity (Wildman–Crippen MR) is 78.3 cm³/mol. The monoisotopic (exact) mass is 263 g/mol. The fourth-order valence-electron chi connectivity index (χ4n) is 1.74. The number of hydrogen-bond acceptors (Lipinski definition) is 2. The first kappa shape index (κ1) is 15.7. The minimum absolute atomic E-state index is 0.0794. The average molecular weight is 263 g/mol. The molecule has 1 atom stereocenters. The molecule has 0 aromatic heterocycles. The van der Waals surface area contributed by atoms with Gasteiger partial charge in [-0.25, -0.2) is 0 Å². The van der Waals surface area contributed by atoms with Crippen LogP contribution in [-0.2, 0) is 0 Å². The number of aliphatic hydroxyl groups excluding tert-OH is 1. The Morgan fingerprint density at radius 3 is 2.42 bits per heavy atom. The normalized spacial score (nSPS) is 13.2. The molecule has 0 aliphatic heterocycles. The Hall–Kier alpha value is -1.35. The van der Waals surface area contributed by atoms with Gasteiger partial charge in [0.2, 0.25) is 0 Å². The van der Waals surface area contributed by atoms with Crippen molar-refractivity contribution in [1.82, 2.24) is 5.32 Å². The summed E-state index contributed by atoms with van der Waals surface area (Å²) in [6.07, 6.45) is 0.160. The highest BCUT2D eigenvalue weighted by Gasteiger charge is 2.21. The molecule has 0 aliphatic carbocycles. The summed E-state index contributed by atoms with van der Waals surface area (Å²) in [5.41, 5.74) is 2.82. The van der Waals surface area contributed by atoms with E-state index in [-0.39, 0.29) is 11.3 Å². The minimum Gasteiger partial charge on any atom is -0.393 e. The van der Waals surface area contributed by atoms with Crippen LogP contribution < -0.4 is 5.32 Å². The second kappa shape index (κ2) is 6.20. The summed E-state index contributed by atoms with van der Waals surface area (Å²) in [5.74, 6) is -0.0794. The van der Waals surface area contributed by atoms with Crippen LogP contribution in [0, 0.1) is 19.3 Å². The van der Waals surface area contributed by atoms with Gasteiger partial charge in [0.25, 0.3) is 5.91 Å². The molecule has 1 aromatic carbocycles. The first-order valence-corrected chi connectivity index (χ1v) is 6.75. The topological polar surface area (TPSA) is 49.3 Å². The van der Waals surface area contributed by atoms with E-state index in [1.807, 2.05) is 52.8 Å². The third-order valence-electron chi connectivity index (χ3n) is 3.47. The van der Waals surface area contributed by atoms with Crippen molar-refractivity contribution in [3.05, 3.63) is 34.9 Å². The first-order valence-electron chi connectivity index (χ1n) is 6.75. The van der Waals surface area contributed by atoms with Gasteiger partial charge in [0, 0.05) is 12.1 Å². The number of hydrogen-bond donors (Lipinski definition) is 2. The van der Waals surface area contributed by atoms with E-state index in [9.17, 15) is 9.90 Å². The highest BCUT2D eigenvalue weighted by atomic mass is 16.3. The summed E-state index contributed by atoms with van der Waals surface area (Å²) in [6.45, 7) is 10.5. The van der Waals surface area contributed by atoms with Crippen LogP contribution in [0.15, 0.2) is 18.2 Å². The van der Waals surface area contributed by atoms with E-state index in [4.69, 9.17) is 0 Å². The maximum absolute atomic E-state index is 11.9. The van der Waals surface area contributed by atoms with Crippen LogP contribution >= 0.6 is 0 Å². The van der Waals surface area contributed by atoms with E-state index in [1.165, 1.54) is 5.56 Å². The minimum atomic E-state index is -0.410. The van der Waals surface area contributed by atoms with Gasteiger partial charge in [-0.05, 0) is 48.9 Å². The van der Waals surface area contributed by atoms with Crippen LogP contribution in [0.4, 0.5) is 0 Å². The number of aryl methyl sites for hydroxylation is 2. The molecule has 0 heterocycles. The van der Waals surface area contributed by atoms with Crippen molar-refractivity contribution in [2.45, 2.75) is 47.1 Å². The molecule has 2 N–H and O–H groups in total. The molecule has 19 heavy (non-hydrogen) atoms. The van der Waals surface area contributed by atoms with Gasteiger partial charge in [-0.2, -0.15) is 0 Å². The summed E-state index contributed by atoms with van der Waals surface area (Å²) in [7, 11) is 0. The molecule has 106 valence electrons. The Morgan fingerprint density at radius 1 is 1.26 bits per heavy atom. The third-order valence-corrected chi connectivity index (χ3v) is 3.47. The van der Waals surface area contributed by atoms with Crippen LogP contribution in [-0.4, -0.2) is 23.7 Å². The number of carbonyl (C=O) groups is 1. The van der Waals surface area contributed by atoms with Gasteiger partial charge in [0.1, 0.15) is 0 Å². The summed E-state index contributed by atoms with van der Waals surface area (Å²) in [5, 5.41) is 12.7. The number of carbonyl (C=O) groups excluding carboxylic acids is 1. The number of rotatable bonds is 4. The van der Waals surface area contributed by atoms with Crippen molar-refractivity contribution in [3.63, 3.8) is 0 Å². The molecule has 1 rings (SSSR count). The highest BCUT2D eigenvalue weighted by Crippen LogP contribution is 2.21. The van der Waals surface area contributed by atoms with Gasteiger partial charge in [0.15, 0.2) is 0 Å². The number of aliphatic hydroxyl groups is 1. The molecule has 0 bridgehead atoms. The van der Waals surface area contributed by atoms with E-state index >= 15 is 0 Å². The third kappa shape index (κ3) is 4.67. The molecule has 1 aromatic rings. The van der Waals surface area contributed by atoms with Gasteiger partial charge in [0.05, 0.1) is 6.10 Å². The maximum atomic E-state index is 11.9. The molecule has 0 aliphatic rings. The van der Waals surface area contributed by atoms with E-state index in [2.05, 4.69) is 5.32 Å². The zero-order chi connectivity index (χ0) is 14.6. The Kier molecular flexibility index (Phi) is 5.12. The molecular weight excluding hydrogens is 238 g/mol. The quantitative estimate of drug-likeness (QED) is 0.877. The fourth-order valence-corrected chi connectivity index (χ4v) is 1.74. The lowest BCUT2D eigenvalue weighted by atomic mass is 9.87. The lowest BCUT2D eigenvalue weighted by Crippen LogP contribution is -2.32. The Balaban J connectivity index is 2.50. The van der Waals surface area contributed by atoms with Gasteiger partial charge in [-0.15, -0.1) is 0 Å². The Bertz CT molecular complexity index is 447. The standard InChI is InChI=1S/C16H25NO2/c1-11-6-7-13(10-12(11)2)15(19)17-9-8-14(18)16(3,4)5/h6-7,10,14,18H,8-9H2,1-5H3,(H,17,19). The lowest BCUT2D eigenvalue weighted by molar-refractivity contribution is 0.0551. The first-order chi connectivity index (χ1) is 8.71. The SMILES string of the molecule is Cc1ccc(C(=O)NCCC(O)C(C)(C)C)cc1C. The summed E-state index contributed by atoms with van der Waals surface area (Å²) >= 11 is 0. The van der Waals surface area contributed by atoms with Crippen LogP contribution in [0.3, 0.4) is 0 Å². The predicted octanol–water partition coefficient (Wildman–Crippen LogP) is 2.83. The second-order valence-corrected chi connectivity index (χ2v) is 6.23. The molecule has 3 heteroatoms. The van der Waals surface area contributed by atoms with E-state index in [0.29, 0.717) is 18.5 Å². The van der Waals surface area contributed by atoms with E-state index < -0.39 is 6.10 Å². The smallest absolute Gasteiger partial charge is 0.251 e. The second-order valence-electron chi connectivity index (χ2n) is 6.23. The van der Waals surface area contributed by atoms with Crippen LogP contribution in [0.2, 0.25) is 0 Å². The van der Waals surface area contributed by atoms with Crippen molar-refractivity contribution >= 4 is 5.91 Å². The maximum Gasteiger partial charge on any atom is 0.251 e. The van der Waals surface area contributed by atoms with E-state index in [0.717, 1.165) is 5.56 Å². The van der Waals surface area contributed by atoms with Gasteiger partial charge in [-0.3, -0.25) is 4.79 Å². The summed E-state index contributed by atoms with van der Waals surface area (Å²) in [6, 6.07) is 5.68. The number of nitrogens with one attached hydrogen (secondary N) is 1. The van der Waals surface area contributed by atoms with Gasteiger partial charge >= 0.3 is 0 Å². The number of benzene rings is 1. The molecule has 0 spiro atoms. The lowest BCUT2D eigenvalue weighted by Gasteiger charge is -2.25. The Morgan fingerprint density at radius 2 is 1.89 bits per heavy atom. The zero-order valence-electron chi connectivity index (χ0n) is 12.6. The zero-order valence-corrected chi connectivity index (χ0v) is 12.6. The van der Waals surface area contributed by atoms with Crippen molar-refractivity contribution in [2.75, 3.05) is 6.54 Å². The van der Waals surface area contributed by atoms with Gasteiger partial charge in [-0.1, -0.05) is 26.8 Å². The largest absolute Gasteiger partial charge is 0.393 e. The highest BCUT2D eigenvalue weighted by molar-refractivity contribution is 5.94. The number of amides is 1. The van der Waals surface area contributed by atoms with E-state index in [1.54, 1.807) is 0 Å². The molecule has 0 fully saturated rings. The molecule has 0 radical (unpaired) electrons. The van der Waals surface area contributed by atoms with Crippen LogP contribution in [0.1, 0.15) is 48.7 Å². The molecule has 1 amide bonds. The molecule has 3 nitrogen and oxygen atoms in total. The summed E-state index contributed by atoms with van der Waals surface area (Å²) in [4.78, 5) is 11.9. The van der Waals surface area contributed by atoms with Crippen molar-refractivity contribution in [2.24, 2.45) is 5.41 Å². The summed E-state index contributed by atoms with van der Waals surface area (Å²) < 4.78 is 0. The van der Waals surface area contributed by atoms with Gasteiger partial charge < -0.3 is 10.4 Å². The fraction of sp³-hybridized carbons (Fsp3) is 0.562. The molecule has 0 saturated heterocycles. The molecule has 1 unspecified atom stereocenters. The van der Waals surface area contributed by atoms with Crippen molar-refractivity contribution in [1.29, 1.82) is 0 Å². The van der Waals surface area contributed by atoms with Crippen LogP contribution in [0.5, 0.6) is 0 Å². The van der Waals surface area contributed by atoms with Crippen molar-refractivity contribution < 1.29 is 9.90 Å². The average Bonchev–Trinajstić information content (AvgIpc) is 2.31. The van der Waals surface area contributed by atoms with Crippen molar-refractivity contribution in [3.8, 4) is 0 Å². The van der Waals surface area contributed by atoms with Crippen LogP contribution in [0.25, 0.3) is 0 Å². The molecule has 0 saturated carbocycles. The molecular formula is C16H25NO2. The Labute approximate surface area is 116 Å².